The van der Waals surface area contributed by atoms with Crippen LogP contribution in [0.2, 0.25) is 0 Å². The summed E-state index contributed by atoms with van der Waals surface area (Å²) in [6, 6.07) is 0. The Bertz CT molecular complexity index is 250. The van der Waals surface area contributed by atoms with Crippen LogP contribution in [0.4, 0.5) is 0 Å². The largest absolute Gasteiger partial charge is 0.346 e. The first-order valence-corrected chi connectivity index (χ1v) is 6.49. The third-order valence-corrected chi connectivity index (χ3v) is 2.86. The predicted molar refractivity (Wildman–Crippen MR) is 66.6 cm³/mol. The van der Waals surface area contributed by atoms with Crippen molar-refractivity contribution >= 4 is 11.8 Å². The molecule has 2 amide bonds. The molecule has 0 saturated carbocycles. The molecule has 2 N–H and O–H groups in total. The van der Waals surface area contributed by atoms with E-state index in [1.54, 1.807) is 0 Å². The van der Waals surface area contributed by atoms with Gasteiger partial charge in [-0.2, -0.15) is 0 Å². The first kappa shape index (κ1) is 14.0. The fraction of sp³-hybridized carbons (Fsp3) is 0.833. The van der Waals surface area contributed by atoms with Gasteiger partial charge in [0.05, 0.1) is 13.1 Å². The van der Waals surface area contributed by atoms with Crippen LogP contribution in [0.1, 0.15) is 32.6 Å². The Morgan fingerprint density at radius 1 is 1.12 bits per heavy atom. The molecule has 5 nitrogen and oxygen atoms in total. The van der Waals surface area contributed by atoms with Gasteiger partial charge in [0.2, 0.25) is 11.8 Å². The van der Waals surface area contributed by atoms with Gasteiger partial charge in [-0.1, -0.05) is 6.92 Å². The monoisotopic (exact) mass is 241 g/mol. The van der Waals surface area contributed by atoms with Crippen molar-refractivity contribution in [1.82, 2.24) is 15.5 Å². The highest BCUT2D eigenvalue weighted by molar-refractivity contribution is 5.85. The van der Waals surface area contributed by atoms with Gasteiger partial charge in [-0.05, 0) is 32.2 Å². The Morgan fingerprint density at radius 3 is 2.47 bits per heavy atom. The van der Waals surface area contributed by atoms with E-state index in [4.69, 9.17) is 0 Å². The van der Waals surface area contributed by atoms with E-state index in [0.29, 0.717) is 6.54 Å². The standard InChI is InChI=1S/C12H23N3O2/c1-2-6-13-9-11(16)14-10-12(17)15-7-4-3-5-8-15/h13H,2-10H2,1H3,(H,14,16). The van der Waals surface area contributed by atoms with Crippen molar-refractivity contribution < 1.29 is 9.59 Å². The molecule has 0 atom stereocenters. The molecule has 98 valence electrons. The van der Waals surface area contributed by atoms with E-state index >= 15 is 0 Å². The van der Waals surface area contributed by atoms with Gasteiger partial charge in [0, 0.05) is 13.1 Å². The lowest BCUT2D eigenvalue weighted by Gasteiger charge is -2.26. The van der Waals surface area contributed by atoms with Crippen LogP contribution in [-0.2, 0) is 9.59 Å². The van der Waals surface area contributed by atoms with Crippen LogP contribution in [0.5, 0.6) is 0 Å². The zero-order valence-corrected chi connectivity index (χ0v) is 10.6. The molecular formula is C12H23N3O2. The van der Waals surface area contributed by atoms with E-state index < -0.39 is 0 Å². The van der Waals surface area contributed by atoms with Crippen LogP contribution < -0.4 is 10.6 Å². The van der Waals surface area contributed by atoms with E-state index in [0.717, 1.165) is 38.9 Å². The number of nitrogens with zero attached hydrogens (tertiary/aromatic N) is 1. The summed E-state index contributed by atoms with van der Waals surface area (Å²) < 4.78 is 0. The van der Waals surface area contributed by atoms with Crippen LogP contribution in [0.15, 0.2) is 0 Å². The van der Waals surface area contributed by atoms with Crippen molar-refractivity contribution in [1.29, 1.82) is 0 Å². The van der Waals surface area contributed by atoms with Crippen molar-refractivity contribution in [3.63, 3.8) is 0 Å². The molecule has 0 bridgehead atoms. The van der Waals surface area contributed by atoms with Gasteiger partial charge in [-0.3, -0.25) is 9.59 Å². The van der Waals surface area contributed by atoms with Gasteiger partial charge in [-0.25, -0.2) is 0 Å². The average Bonchev–Trinajstić information content (AvgIpc) is 2.37. The minimum Gasteiger partial charge on any atom is -0.346 e. The Morgan fingerprint density at radius 2 is 1.82 bits per heavy atom. The van der Waals surface area contributed by atoms with E-state index in [-0.39, 0.29) is 18.4 Å². The van der Waals surface area contributed by atoms with E-state index in [1.165, 1.54) is 6.42 Å². The molecule has 1 aliphatic rings. The van der Waals surface area contributed by atoms with Crippen LogP contribution in [0.3, 0.4) is 0 Å². The predicted octanol–water partition coefficient (Wildman–Crippen LogP) is 0.115. The molecule has 0 aliphatic carbocycles. The Balaban J connectivity index is 2.11. The lowest BCUT2D eigenvalue weighted by Crippen LogP contribution is -2.44. The highest BCUT2D eigenvalue weighted by Crippen LogP contribution is 2.07. The van der Waals surface area contributed by atoms with Gasteiger partial charge >= 0.3 is 0 Å². The summed E-state index contributed by atoms with van der Waals surface area (Å²) in [6.45, 7) is 4.97. The Kier molecular flexibility index (Phi) is 6.62. The summed E-state index contributed by atoms with van der Waals surface area (Å²) in [7, 11) is 0. The average molecular weight is 241 g/mol. The van der Waals surface area contributed by atoms with Crippen LogP contribution in [0, 0.1) is 0 Å². The molecule has 1 fully saturated rings. The minimum atomic E-state index is -0.108. The van der Waals surface area contributed by atoms with Gasteiger partial charge in [0.25, 0.3) is 0 Å². The lowest BCUT2D eigenvalue weighted by atomic mass is 10.1. The number of nitrogens with one attached hydrogen (secondary N) is 2. The minimum absolute atomic E-state index is 0.0357. The second kappa shape index (κ2) is 8.06. The van der Waals surface area contributed by atoms with Crippen molar-refractivity contribution in [2.75, 3.05) is 32.7 Å². The first-order valence-electron chi connectivity index (χ1n) is 6.49. The van der Waals surface area contributed by atoms with Crippen LogP contribution in [-0.4, -0.2) is 49.4 Å². The summed E-state index contributed by atoms with van der Waals surface area (Å²) in [5.41, 5.74) is 0. The van der Waals surface area contributed by atoms with Gasteiger partial charge < -0.3 is 15.5 Å². The van der Waals surface area contributed by atoms with Crippen molar-refractivity contribution in [2.24, 2.45) is 0 Å². The van der Waals surface area contributed by atoms with Crippen molar-refractivity contribution in [3.8, 4) is 0 Å². The number of carbonyl (C=O) groups excluding carboxylic acids is 2. The topological polar surface area (TPSA) is 61.4 Å². The SMILES string of the molecule is CCCNCC(=O)NCC(=O)N1CCCCC1. The number of hydrogen-bond donors (Lipinski definition) is 2. The third-order valence-electron chi connectivity index (χ3n) is 2.86. The number of hydrogen-bond acceptors (Lipinski definition) is 3. The summed E-state index contributed by atoms with van der Waals surface area (Å²) in [5.74, 6) is -0.0719. The van der Waals surface area contributed by atoms with E-state index in [9.17, 15) is 9.59 Å². The van der Waals surface area contributed by atoms with Gasteiger partial charge in [-0.15, -0.1) is 0 Å². The molecule has 17 heavy (non-hydrogen) atoms. The Labute approximate surface area is 103 Å². The number of rotatable bonds is 6. The summed E-state index contributed by atoms with van der Waals surface area (Å²) in [6.07, 6.45) is 4.37. The summed E-state index contributed by atoms with van der Waals surface area (Å²) in [4.78, 5) is 24.9. The zero-order chi connectivity index (χ0) is 12.5. The maximum absolute atomic E-state index is 11.7. The molecule has 0 spiro atoms. The number of carbonyl (C=O) groups is 2. The van der Waals surface area contributed by atoms with E-state index in [2.05, 4.69) is 10.6 Å². The Hall–Kier alpha value is -1.10. The van der Waals surface area contributed by atoms with Crippen molar-refractivity contribution in [2.45, 2.75) is 32.6 Å². The number of amides is 2. The fourth-order valence-corrected chi connectivity index (χ4v) is 1.87. The molecular weight excluding hydrogens is 218 g/mol. The molecule has 5 heteroatoms. The zero-order valence-electron chi connectivity index (χ0n) is 10.6. The number of piperidine rings is 1. The number of likely N-dealkylation sites (tertiary alicyclic amines) is 1. The molecule has 1 rings (SSSR count). The van der Waals surface area contributed by atoms with Crippen LogP contribution >= 0.6 is 0 Å². The molecule has 0 aromatic rings. The molecule has 0 aromatic carbocycles. The van der Waals surface area contributed by atoms with Gasteiger partial charge in [0.1, 0.15) is 0 Å². The van der Waals surface area contributed by atoms with Crippen LogP contribution in [0.25, 0.3) is 0 Å². The summed E-state index contributed by atoms with van der Waals surface area (Å²) >= 11 is 0. The summed E-state index contributed by atoms with van der Waals surface area (Å²) in [5, 5.41) is 5.65. The molecule has 0 unspecified atom stereocenters. The quantitative estimate of drug-likeness (QED) is 0.649. The molecule has 1 aliphatic heterocycles. The second-order valence-electron chi connectivity index (χ2n) is 4.39. The third kappa shape index (κ3) is 5.68. The highest BCUT2D eigenvalue weighted by atomic mass is 16.2. The molecule has 0 aromatic heterocycles. The van der Waals surface area contributed by atoms with Gasteiger partial charge in [0.15, 0.2) is 0 Å². The molecule has 0 radical (unpaired) electrons. The fourth-order valence-electron chi connectivity index (χ4n) is 1.87. The normalized spacial score (nSPS) is 15.7. The highest BCUT2D eigenvalue weighted by Gasteiger charge is 2.16. The molecule has 1 heterocycles. The maximum atomic E-state index is 11.7. The lowest BCUT2D eigenvalue weighted by molar-refractivity contribution is -0.133. The first-order chi connectivity index (χ1) is 8.24. The maximum Gasteiger partial charge on any atom is 0.241 e. The smallest absolute Gasteiger partial charge is 0.241 e. The van der Waals surface area contributed by atoms with Crippen molar-refractivity contribution in [3.05, 3.63) is 0 Å². The van der Waals surface area contributed by atoms with E-state index in [1.807, 2.05) is 11.8 Å². The molecule has 1 saturated heterocycles. The second-order valence-corrected chi connectivity index (χ2v) is 4.39.